The maximum absolute atomic E-state index is 13.2. The highest BCUT2D eigenvalue weighted by molar-refractivity contribution is 5.56. The fourth-order valence-corrected chi connectivity index (χ4v) is 3.85. The van der Waals surface area contributed by atoms with Crippen molar-refractivity contribution in [1.29, 1.82) is 0 Å². The largest absolute Gasteiger partial charge is 0.385 e. The van der Waals surface area contributed by atoms with Crippen LogP contribution in [0.4, 0.5) is 4.39 Å². The van der Waals surface area contributed by atoms with Gasteiger partial charge in [-0.25, -0.2) is 4.39 Å². The highest BCUT2D eigenvalue weighted by Crippen LogP contribution is 2.43. The quantitative estimate of drug-likeness (QED) is 0.884. The molecule has 0 aliphatic heterocycles. The van der Waals surface area contributed by atoms with E-state index in [-0.39, 0.29) is 11.7 Å². The highest BCUT2D eigenvalue weighted by Gasteiger charge is 2.44. The van der Waals surface area contributed by atoms with Gasteiger partial charge in [0.15, 0.2) is 0 Å². The Labute approximate surface area is 149 Å². The molecular weight excluding hydrogens is 313 g/mol. The molecule has 2 atom stereocenters. The minimum atomic E-state index is -0.891. The van der Waals surface area contributed by atoms with Gasteiger partial charge in [0.1, 0.15) is 5.82 Å². The molecule has 3 heteroatoms. The molecule has 2 nitrogen and oxygen atoms in total. The van der Waals surface area contributed by atoms with Crippen LogP contribution in [-0.4, -0.2) is 36.2 Å². The maximum Gasteiger partial charge on any atom is 0.123 e. The SMILES string of the molecule is CN(C)CC1CCC(=Cc2ccccc2)C1(O)Cc1ccc(F)cc1. The first-order valence-corrected chi connectivity index (χ1v) is 8.85. The van der Waals surface area contributed by atoms with Gasteiger partial charge < -0.3 is 10.0 Å². The van der Waals surface area contributed by atoms with Crippen LogP contribution >= 0.6 is 0 Å². The Morgan fingerprint density at radius 1 is 1.12 bits per heavy atom. The van der Waals surface area contributed by atoms with Crippen molar-refractivity contribution in [3.63, 3.8) is 0 Å². The summed E-state index contributed by atoms with van der Waals surface area (Å²) in [5.41, 5.74) is 2.27. The Bertz CT molecular complexity index is 723. The summed E-state index contributed by atoms with van der Waals surface area (Å²) in [7, 11) is 4.08. The van der Waals surface area contributed by atoms with Gasteiger partial charge in [-0.1, -0.05) is 48.5 Å². The van der Waals surface area contributed by atoms with E-state index < -0.39 is 5.60 Å². The first-order chi connectivity index (χ1) is 12.0. The van der Waals surface area contributed by atoms with Crippen LogP contribution in [0.2, 0.25) is 0 Å². The molecular formula is C22H26FNO. The van der Waals surface area contributed by atoms with E-state index in [9.17, 15) is 9.50 Å². The Balaban J connectivity index is 1.93. The molecule has 0 amide bonds. The van der Waals surface area contributed by atoms with Crippen LogP contribution in [0.15, 0.2) is 60.2 Å². The van der Waals surface area contributed by atoms with Crippen LogP contribution < -0.4 is 0 Å². The third-order valence-corrected chi connectivity index (χ3v) is 5.11. The van der Waals surface area contributed by atoms with E-state index in [1.54, 1.807) is 12.1 Å². The van der Waals surface area contributed by atoms with Gasteiger partial charge >= 0.3 is 0 Å². The summed E-state index contributed by atoms with van der Waals surface area (Å²) in [4.78, 5) is 2.13. The predicted octanol–water partition coefficient (Wildman–Crippen LogP) is 4.15. The molecule has 0 aromatic heterocycles. The second-order valence-corrected chi connectivity index (χ2v) is 7.31. The average Bonchev–Trinajstić information content (AvgIpc) is 2.87. The predicted molar refractivity (Wildman–Crippen MR) is 101 cm³/mol. The number of halogens is 1. The van der Waals surface area contributed by atoms with E-state index in [4.69, 9.17) is 0 Å². The van der Waals surface area contributed by atoms with Crippen molar-refractivity contribution < 1.29 is 9.50 Å². The summed E-state index contributed by atoms with van der Waals surface area (Å²) >= 11 is 0. The molecule has 1 N–H and O–H groups in total. The maximum atomic E-state index is 13.2. The summed E-state index contributed by atoms with van der Waals surface area (Å²) in [6.07, 6.45) is 4.50. The summed E-state index contributed by atoms with van der Waals surface area (Å²) in [5.74, 6) is -0.0745. The van der Waals surface area contributed by atoms with Crippen molar-refractivity contribution in [3.05, 3.63) is 77.1 Å². The van der Waals surface area contributed by atoms with Crippen molar-refractivity contribution in [2.45, 2.75) is 24.9 Å². The minimum absolute atomic E-state index is 0.169. The van der Waals surface area contributed by atoms with Crippen LogP contribution in [-0.2, 0) is 6.42 Å². The standard InChI is InChI=1S/C22H26FNO/c1-24(2)16-20-11-10-19(14-17-6-4-3-5-7-17)22(20,25)15-18-8-12-21(23)13-9-18/h3-9,12-14,20,25H,10-11,15-16H2,1-2H3. The molecule has 0 bridgehead atoms. The molecule has 1 fully saturated rings. The zero-order chi connectivity index (χ0) is 17.9. The summed E-state index contributed by atoms with van der Waals surface area (Å²) in [6.45, 7) is 0.837. The molecule has 0 heterocycles. The molecule has 1 saturated carbocycles. The van der Waals surface area contributed by atoms with Gasteiger partial charge in [0.2, 0.25) is 0 Å². The molecule has 2 aromatic rings. The molecule has 1 aliphatic carbocycles. The van der Waals surface area contributed by atoms with Crippen LogP contribution in [0, 0.1) is 11.7 Å². The monoisotopic (exact) mass is 339 g/mol. The summed E-state index contributed by atoms with van der Waals surface area (Å²) < 4.78 is 13.2. The third-order valence-electron chi connectivity index (χ3n) is 5.11. The van der Waals surface area contributed by atoms with E-state index in [0.29, 0.717) is 6.42 Å². The first kappa shape index (κ1) is 17.8. The molecule has 1 aliphatic rings. The Hall–Kier alpha value is -1.97. The molecule has 132 valence electrons. The number of benzene rings is 2. The lowest BCUT2D eigenvalue weighted by Gasteiger charge is -2.33. The van der Waals surface area contributed by atoms with E-state index in [1.807, 2.05) is 32.3 Å². The summed E-state index contributed by atoms with van der Waals surface area (Å²) in [5, 5.41) is 11.7. The molecule has 3 rings (SSSR count). The Morgan fingerprint density at radius 2 is 1.80 bits per heavy atom. The van der Waals surface area contributed by atoms with Gasteiger partial charge in [-0.15, -0.1) is 0 Å². The van der Waals surface area contributed by atoms with Gasteiger partial charge in [0.05, 0.1) is 5.60 Å². The Kier molecular flexibility index (Phi) is 5.36. The second kappa shape index (κ2) is 7.51. The zero-order valence-electron chi connectivity index (χ0n) is 15.0. The second-order valence-electron chi connectivity index (χ2n) is 7.31. The van der Waals surface area contributed by atoms with E-state index in [2.05, 4.69) is 23.1 Å². The van der Waals surface area contributed by atoms with Crippen LogP contribution in [0.25, 0.3) is 6.08 Å². The fourth-order valence-electron chi connectivity index (χ4n) is 3.85. The normalized spacial score (nSPS) is 25.0. The van der Waals surface area contributed by atoms with E-state index >= 15 is 0 Å². The van der Waals surface area contributed by atoms with Crippen LogP contribution in [0.1, 0.15) is 24.0 Å². The van der Waals surface area contributed by atoms with Gasteiger partial charge in [0.25, 0.3) is 0 Å². The Morgan fingerprint density at radius 3 is 2.44 bits per heavy atom. The lowest BCUT2D eigenvalue weighted by atomic mass is 9.81. The number of hydrogen-bond acceptors (Lipinski definition) is 2. The van der Waals surface area contributed by atoms with Crippen molar-refractivity contribution in [1.82, 2.24) is 4.90 Å². The third kappa shape index (κ3) is 4.17. The summed E-state index contributed by atoms with van der Waals surface area (Å²) in [6, 6.07) is 16.6. The van der Waals surface area contributed by atoms with Crippen molar-refractivity contribution in [2.24, 2.45) is 5.92 Å². The van der Waals surface area contributed by atoms with Crippen LogP contribution in [0.5, 0.6) is 0 Å². The minimum Gasteiger partial charge on any atom is -0.385 e. The lowest BCUT2D eigenvalue weighted by molar-refractivity contribution is 0.0257. The van der Waals surface area contributed by atoms with Gasteiger partial charge in [-0.2, -0.15) is 0 Å². The fraction of sp³-hybridized carbons (Fsp3) is 0.364. The van der Waals surface area contributed by atoms with Gasteiger partial charge in [-0.3, -0.25) is 0 Å². The van der Waals surface area contributed by atoms with Crippen LogP contribution in [0.3, 0.4) is 0 Å². The molecule has 2 aromatic carbocycles. The van der Waals surface area contributed by atoms with Crippen molar-refractivity contribution in [3.8, 4) is 0 Å². The highest BCUT2D eigenvalue weighted by atomic mass is 19.1. The molecule has 0 saturated heterocycles. The average molecular weight is 339 g/mol. The first-order valence-electron chi connectivity index (χ1n) is 8.85. The van der Waals surface area contributed by atoms with Crippen molar-refractivity contribution >= 4 is 6.08 Å². The smallest absolute Gasteiger partial charge is 0.123 e. The van der Waals surface area contributed by atoms with E-state index in [1.165, 1.54) is 12.1 Å². The zero-order valence-corrected chi connectivity index (χ0v) is 15.0. The number of aliphatic hydroxyl groups is 1. The molecule has 2 unspecified atom stereocenters. The van der Waals surface area contributed by atoms with Gasteiger partial charge in [-0.05, 0) is 55.8 Å². The molecule has 0 spiro atoms. The number of rotatable bonds is 5. The topological polar surface area (TPSA) is 23.5 Å². The number of nitrogens with zero attached hydrogens (tertiary/aromatic N) is 1. The van der Waals surface area contributed by atoms with E-state index in [0.717, 1.165) is 36.1 Å². The van der Waals surface area contributed by atoms with Crippen molar-refractivity contribution in [2.75, 3.05) is 20.6 Å². The molecule has 0 radical (unpaired) electrons. The van der Waals surface area contributed by atoms with Gasteiger partial charge in [0, 0.05) is 18.9 Å². The number of hydrogen-bond donors (Lipinski definition) is 1. The lowest BCUT2D eigenvalue weighted by Crippen LogP contribution is -2.42. The molecule has 25 heavy (non-hydrogen) atoms.